The van der Waals surface area contributed by atoms with E-state index >= 15 is 0 Å². The van der Waals surface area contributed by atoms with Gasteiger partial charge in [-0.05, 0) is 75.4 Å². The molecule has 1 aliphatic heterocycles. The summed E-state index contributed by atoms with van der Waals surface area (Å²) in [6.45, 7) is 3.94. The topological polar surface area (TPSA) is 203 Å². The Morgan fingerprint density at radius 2 is 1.61 bits per heavy atom. The van der Waals surface area contributed by atoms with E-state index in [9.17, 15) is 34.8 Å². The fraction of sp³-hybridized carbons (Fsp3) is 0.375. The molecule has 9 N–H and O–H groups in total. The number of hydrogen-bond donors (Lipinski definition) is 8. The number of amides is 3. The van der Waals surface area contributed by atoms with E-state index in [0.29, 0.717) is 29.6 Å². The molecule has 5 unspecified atom stereocenters. The second-order valence-corrected chi connectivity index (χ2v) is 10.9. The number of nitrogens with two attached hydrogens (primary N) is 1. The van der Waals surface area contributed by atoms with Crippen molar-refractivity contribution >= 4 is 80.0 Å². The van der Waals surface area contributed by atoms with Gasteiger partial charge in [0.15, 0.2) is 6.29 Å². The fourth-order valence-electron chi connectivity index (χ4n) is 4.16. The van der Waals surface area contributed by atoms with Gasteiger partial charge in [0.05, 0.1) is 27.1 Å². The summed E-state index contributed by atoms with van der Waals surface area (Å²) in [6, 6.07) is 3.28. The fourth-order valence-corrected chi connectivity index (χ4v) is 6.74. The number of hydrogen-bond acceptors (Lipinski definition) is 9. The second-order valence-electron chi connectivity index (χ2n) is 8.77. The first kappa shape index (κ1) is 30.5. The Labute approximate surface area is 245 Å². The number of ether oxygens (including phenoxy) is 1. The van der Waals surface area contributed by atoms with E-state index in [2.05, 4.69) is 61.1 Å². The molecule has 0 aromatic heterocycles. The highest BCUT2D eigenvalue weighted by atomic mass is 127. The minimum absolute atomic E-state index is 0.0364. The number of anilines is 3. The smallest absolute Gasteiger partial charge is 0.253 e. The Hall–Kier alpha value is -2.09. The van der Waals surface area contributed by atoms with Crippen LogP contribution in [0.15, 0.2) is 18.2 Å². The summed E-state index contributed by atoms with van der Waals surface area (Å²) < 4.78 is 6.43. The SMILES string of the molecule is CC(=O)Nc1c(C)c(-c2ccc(C(=O)NC3C(O)OC(CO)C(O)C3O)c(N)c2)c(I)c(NC(C)=O)c1I. The quantitative estimate of drug-likeness (QED) is 0.156. The Bertz CT molecular complexity index is 1230. The summed E-state index contributed by atoms with van der Waals surface area (Å²) in [5.74, 6) is -1.31. The zero-order chi connectivity index (χ0) is 28.5. The molecule has 0 spiro atoms. The summed E-state index contributed by atoms with van der Waals surface area (Å²) in [6.07, 6.45) is -6.02. The van der Waals surface area contributed by atoms with Crippen LogP contribution in [0.2, 0.25) is 0 Å². The molecule has 1 heterocycles. The largest absolute Gasteiger partial charge is 0.398 e. The summed E-state index contributed by atoms with van der Waals surface area (Å²) in [7, 11) is 0. The number of nitrogen functional groups attached to an aromatic ring is 1. The van der Waals surface area contributed by atoms with E-state index < -0.39 is 43.2 Å². The Morgan fingerprint density at radius 1 is 1.00 bits per heavy atom. The van der Waals surface area contributed by atoms with Gasteiger partial charge in [-0.1, -0.05) is 6.07 Å². The summed E-state index contributed by atoms with van der Waals surface area (Å²) >= 11 is 4.15. The predicted octanol–water partition coefficient (Wildman–Crippen LogP) is 0.900. The van der Waals surface area contributed by atoms with Crippen LogP contribution in [-0.2, 0) is 14.3 Å². The van der Waals surface area contributed by atoms with Crippen LogP contribution in [0.4, 0.5) is 17.1 Å². The molecule has 0 bridgehead atoms. The average molecular weight is 754 g/mol. The van der Waals surface area contributed by atoms with Crippen LogP contribution in [0.25, 0.3) is 11.1 Å². The average Bonchev–Trinajstić information content (AvgIpc) is 2.84. The van der Waals surface area contributed by atoms with Crippen LogP contribution < -0.4 is 21.7 Å². The lowest BCUT2D eigenvalue weighted by Crippen LogP contribution is -2.64. The lowest BCUT2D eigenvalue weighted by molar-refractivity contribution is -0.252. The molecule has 206 valence electrons. The molecule has 0 radical (unpaired) electrons. The molecule has 1 aliphatic rings. The van der Waals surface area contributed by atoms with Gasteiger partial charge in [0.1, 0.15) is 24.4 Å². The molecule has 5 atom stereocenters. The van der Waals surface area contributed by atoms with Gasteiger partial charge in [0, 0.05) is 28.7 Å². The molecule has 1 saturated heterocycles. The maximum absolute atomic E-state index is 13.0. The monoisotopic (exact) mass is 754 g/mol. The first-order chi connectivity index (χ1) is 17.8. The van der Waals surface area contributed by atoms with Gasteiger partial charge in [-0.25, -0.2) is 0 Å². The van der Waals surface area contributed by atoms with Crippen LogP contribution in [0, 0.1) is 14.1 Å². The van der Waals surface area contributed by atoms with Crippen molar-refractivity contribution < 1.29 is 39.5 Å². The molecule has 38 heavy (non-hydrogen) atoms. The van der Waals surface area contributed by atoms with Gasteiger partial charge in [-0.15, -0.1) is 0 Å². The number of halogens is 2. The Morgan fingerprint density at radius 3 is 2.16 bits per heavy atom. The van der Waals surface area contributed by atoms with Crippen LogP contribution in [0.5, 0.6) is 0 Å². The zero-order valence-corrected chi connectivity index (χ0v) is 24.9. The molecule has 1 fully saturated rings. The van der Waals surface area contributed by atoms with Crippen molar-refractivity contribution in [3.8, 4) is 11.1 Å². The molecule has 0 aliphatic carbocycles. The van der Waals surface area contributed by atoms with Gasteiger partial charge in [0.25, 0.3) is 5.91 Å². The molecule has 2 aromatic rings. The lowest BCUT2D eigenvalue weighted by Gasteiger charge is -2.40. The molecule has 2 aromatic carbocycles. The highest BCUT2D eigenvalue weighted by Crippen LogP contribution is 2.43. The summed E-state index contributed by atoms with van der Waals surface area (Å²) in [5.41, 5.74) is 9.39. The number of carbonyl (C=O) groups excluding carboxylic acids is 3. The van der Waals surface area contributed by atoms with Gasteiger partial charge in [0.2, 0.25) is 11.8 Å². The summed E-state index contributed by atoms with van der Waals surface area (Å²) in [4.78, 5) is 36.7. The normalized spacial score (nSPS) is 23.0. The van der Waals surface area contributed by atoms with Crippen molar-refractivity contribution in [1.82, 2.24) is 5.32 Å². The van der Waals surface area contributed by atoms with Gasteiger partial charge >= 0.3 is 0 Å². The third-order valence-electron chi connectivity index (χ3n) is 6.01. The van der Waals surface area contributed by atoms with Gasteiger partial charge in [-0.2, -0.15) is 0 Å². The van der Waals surface area contributed by atoms with Crippen LogP contribution >= 0.6 is 45.2 Å². The van der Waals surface area contributed by atoms with Gasteiger partial charge in [-0.3, -0.25) is 14.4 Å². The highest BCUT2D eigenvalue weighted by Gasteiger charge is 2.44. The Kier molecular flexibility index (Phi) is 9.93. The number of carbonyl (C=O) groups is 3. The molecular formula is C24H28I2N4O8. The number of nitrogens with one attached hydrogen (secondary N) is 3. The molecule has 14 heteroatoms. The van der Waals surface area contributed by atoms with Crippen molar-refractivity contribution in [2.75, 3.05) is 23.0 Å². The maximum Gasteiger partial charge on any atom is 0.253 e. The lowest BCUT2D eigenvalue weighted by atomic mass is 9.95. The number of aliphatic hydroxyl groups excluding tert-OH is 4. The predicted molar refractivity (Wildman–Crippen MR) is 156 cm³/mol. The number of rotatable bonds is 6. The van der Waals surface area contributed by atoms with E-state index in [1.165, 1.54) is 19.9 Å². The molecule has 3 amide bonds. The summed E-state index contributed by atoms with van der Waals surface area (Å²) in [5, 5.41) is 47.8. The van der Waals surface area contributed by atoms with E-state index in [1.54, 1.807) is 12.1 Å². The van der Waals surface area contributed by atoms with E-state index in [4.69, 9.17) is 10.5 Å². The Balaban J connectivity index is 1.99. The molecule has 12 nitrogen and oxygen atoms in total. The van der Waals surface area contributed by atoms with Crippen molar-refractivity contribution in [3.63, 3.8) is 0 Å². The third-order valence-corrected chi connectivity index (χ3v) is 8.17. The van der Waals surface area contributed by atoms with Gasteiger partial charge < -0.3 is 46.8 Å². The molecule has 3 rings (SSSR count). The van der Waals surface area contributed by atoms with Crippen LogP contribution in [0.1, 0.15) is 29.8 Å². The second kappa shape index (κ2) is 12.4. The van der Waals surface area contributed by atoms with E-state index in [-0.39, 0.29) is 23.1 Å². The van der Waals surface area contributed by atoms with Crippen molar-refractivity contribution in [2.45, 2.75) is 51.4 Å². The zero-order valence-electron chi connectivity index (χ0n) is 20.6. The van der Waals surface area contributed by atoms with Crippen molar-refractivity contribution in [3.05, 3.63) is 36.5 Å². The van der Waals surface area contributed by atoms with Crippen molar-refractivity contribution in [2.24, 2.45) is 0 Å². The molecule has 0 saturated carbocycles. The minimum atomic E-state index is -1.68. The first-order valence-electron chi connectivity index (χ1n) is 11.4. The number of aliphatic hydroxyl groups is 4. The van der Waals surface area contributed by atoms with Crippen LogP contribution in [0.3, 0.4) is 0 Å². The van der Waals surface area contributed by atoms with E-state index in [0.717, 1.165) is 5.56 Å². The number of benzene rings is 2. The standard InChI is InChI=1S/C24H28I2N4O8/c1-8-15(16(25)19(29-10(3)33)17(26)18(8)28-9(2)32)11-4-5-12(13(27)6-11)23(36)30-20-22(35)21(34)14(7-31)38-24(20)37/h4-6,14,20-22,24,31,34-35,37H,7,27H2,1-3H3,(H,28,32)(H,29,33)(H,30,36). The highest BCUT2D eigenvalue weighted by molar-refractivity contribution is 14.1. The maximum atomic E-state index is 13.0. The van der Waals surface area contributed by atoms with E-state index in [1.807, 2.05) is 6.92 Å². The van der Waals surface area contributed by atoms with Crippen LogP contribution in [-0.4, -0.2) is 75.4 Å². The third kappa shape index (κ3) is 6.21. The minimum Gasteiger partial charge on any atom is -0.398 e. The first-order valence-corrected chi connectivity index (χ1v) is 13.5. The van der Waals surface area contributed by atoms with Crippen molar-refractivity contribution in [1.29, 1.82) is 0 Å². The molecular weight excluding hydrogens is 726 g/mol.